The van der Waals surface area contributed by atoms with Crippen molar-refractivity contribution in [3.8, 4) is 11.4 Å². The van der Waals surface area contributed by atoms with Crippen LogP contribution >= 0.6 is 23.2 Å². The average molecular weight is 311 g/mol. The molecule has 0 atom stereocenters. The maximum Gasteiger partial charge on any atom is 0.199 e. The van der Waals surface area contributed by atoms with E-state index in [-0.39, 0.29) is 5.15 Å². The molecule has 0 radical (unpaired) electrons. The van der Waals surface area contributed by atoms with Gasteiger partial charge in [-0.05, 0) is 32.0 Å². The molecule has 2 heterocycles. The molecule has 0 amide bonds. The molecule has 3 aromatic rings. The second kappa shape index (κ2) is 4.68. The molecule has 0 bridgehead atoms. The Morgan fingerprint density at radius 1 is 1.15 bits per heavy atom. The monoisotopic (exact) mass is 310 g/mol. The Kier molecular flexibility index (Phi) is 3.11. The van der Waals surface area contributed by atoms with Gasteiger partial charge in [0, 0.05) is 10.7 Å². The molecule has 2 aromatic heterocycles. The molecule has 7 heteroatoms. The first kappa shape index (κ1) is 13.3. The van der Waals surface area contributed by atoms with Crippen molar-refractivity contribution in [3.05, 3.63) is 45.6 Å². The number of fused-ring (bicyclic) bond motifs is 1. The minimum absolute atomic E-state index is 0.237. The molecule has 0 saturated heterocycles. The smallest absolute Gasteiger partial charge is 0.199 e. The highest BCUT2D eigenvalue weighted by Crippen LogP contribution is 2.27. The van der Waals surface area contributed by atoms with Gasteiger partial charge >= 0.3 is 0 Å². The normalized spacial score (nSPS) is 11.2. The Balaban J connectivity index is 2.38. The second-order valence-corrected chi connectivity index (χ2v) is 5.17. The fourth-order valence-electron chi connectivity index (χ4n) is 2.02. The number of aromatic nitrogens is 4. The van der Waals surface area contributed by atoms with Crippen molar-refractivity contribution in [2.45, 2.75) is 13.8 Å². The number of hydrogen-bond donors (Lipinski definition) is 0. The van der Waals surface area contributed by atoms with Gasteiger partial charge in [0.05, 0.1) is 11.3 Å². The molecule has 0 aliphatic rings. The summed E-state index contributed by atoms with van der Waals surface area (Å²) in [6, 6.07) is 4.41. The summed E-state index contributed by atoms with van der Waals surface area (Å²) in [7, 11) is 0. The first-order chi connectivity index (χ1) is 9.49. The largest absolute Gasteiger partial charge is 0.275 e. The van der Waals surface area contributed by atoms with E-state index >= 15 is 0 Å². The maximum absolute atomic E-state index is 14.1. The number of benzene rings is 1. The van der Waals surface area contributed by atoms with Gasteiger partial charge in [-0.25, -0.2) is 9.37 Å². The molecular weight excluding hydrogens is 302 g/mol. The lowest BCUT2D eigenvalue weighted by Crippen LogP contribution is -2.01. The van der Waals surface area contributed by atoms with E-state index in [2.05, 4.69) is 15.2 Å². The summed E-state index contributed by atoms with van der Waals surface area (Å²) < 4.78 is 15.8. The van der Waals surface area contributed by atoms with Crippen LogP contribution in [-0.4, -0.2) is 19.6 Å². The van der Waals surface area contributed by atoms with Gasteiger partial charge in [0.25, 0.3) is 0 Å². The zero-order valence-electron chi connectivity index (χ0n) is 10.7. The van der Waals surface area contributed by atoms with Crippen molar-refractivity contribution < 1.29 is 4.39 Å². The van der Waals surface area contributed by atoms with Crippen LogP contribution in [0.25, 0.3) is 17.0 Å². The maximum atomic E-state index is 14.1. The van der Waals surface area contributed by atoms with Crippen molar-refractivity contribution in [2.24, 2.45) is 0 Å². The fraction of sp³-hybridized carbons (Fsp3) is 0.154. The topological polar surface area (TPSA) is 43.1 Å². The third-order valence-electron chi connectivity index (χ3n) is 3.14. The van der Waals surface area contributed by atoms with Crippen LogP contribution < -0.4 is 0 Å². The Morgan fingerprint density at radius 2 is 1.90 bits per heavy atom. The van der Waals surface area contributed by atoms with Gasteiger partial charge < -0.3 is 0 Å². The number of aryl methyl sites for hydroxylation is 2. The summed E-state index contributed by atoms with van der Waals surface area (Å²) in [5.41, 5.74) is 2.25. The molecule has 102 valence electrons. The lowest BCUT2D eigenvalue weighted by molar-refractivity contribution is 0.629. The summed E-state index contributed by atoms with van der Waals surface area (Å²) in [5.74, 6) is -0.0872. The first-order valence-corrected chi connectivity index (χ1v) is 6.58. The molecule has 0 aliphatic heterocycles. The Labute approximate surface area is 124 Å². The van der Waals surface area contributed by atoms with Gasteiger partial charge in [0.15, 0.2) is 16.6 Å². The SMILES string of the molecule is Cc1nc(Cl)c2nnc(-c3ccc(Cl)cc3F)n2c1C. The standard InChI is InChI=1S/C13H9Cl2FN4/c1-6-7(2)20-12(18-19-13(20)11(15)17-6)9-4-3-8(14)5-10(9)16/h3-5H,1-2H3. The molecule has 0 unspecified atom stereocenters. The number of hydrogen-bond acceptors (Lipinski definition) is 3. The second-order valence-electron chi connectivity index (χ2n) is 4.38. The van der Waals surface area contributed by atoms with Crippen LogP contribution in [0.1, 0.15) is 11.4 Å². The van der Waals surface area contributed by atoms with E-state index in [1.54, 1.807) is 16.5 Å². The first-order valence-electron chi connectivity index (χ1n) is 5.82. The molecular formula is C13H9Cl2FN4. The summed E-state index contributed by atoms with van der Waals surface area (Å²) in [6.45, 7) is 3.68. The average Bonchev–Trinajstić information content (AvgIpc) is 2.81. The molecule has 1 aromatic carbocycles. The van der Waals surface area contributed by atoms with Crippen molar-refractivity contribution in [3.63, 3.8) is 0 Å². The highest BCUT2D eigenvalue weighted by Gasteiger charge is 2.18. The van der Waals surface area contributed by atoms with Crippen LogP contribution in [0.3, 0.4) is 0 Å². The Hall–Kier alpha value is -1.72. The molecule has 0 saturated carbocycles. The van der Waals surface area contributed by atoms with Gasteiger partial charge in [-0.2, -0.15) is 0 Å². The Bertz CT molecular complexity index is 829. The van der Waals surface area contributed by atoms with Crippen molar-refractivity contribution in [1.29, 1.82) is 0 Å². The molecule has 3 rings (SSSR count). The zero-order chi connectivity index (χ0) is 14.4. The van der Waals surface area contributed by atoms with Crippen molar-refractivity contribution in [1.82, 2.24) is 19.6 Å². The van der Waals surface area contributed by atoms with E-state index < -0.39 is 5.82 Å². The van der Waals surface area contributed by atoms with Crippen LogP contribution in [0.5, 0.6) is 0 Å². The zero-order valence-corrected chi connectivity index (χ0v) is 12.2. The predicted octanol–water partition coefficient (Wildman–Crippen LogP) is 3.85. The predicted molar refractivity (Wildman–Crippen MR) is 75.7 cm³/mol. The van der Waals surface area contributed by atoms with Crippen LogP contribution in [0.2, 0.25) is 10.2 Å². The van der Waals surface area contributed by atoms with Gasteiger partial charge in [0.1, 0.15) is 5.82 Å². The van der Waals surface area contributed by atoms with E-state index in [9.17, 15) is 4.39 Å². The van der Waals surface area contributed by atoms with E-state index in [1.807, 2.05) is 13.8 Å². The third-order valence-corrected chi connectivity index (χ3v) is 3.63. The Morgan fingerprint density at radius 3 is 2.60 bits per heavy atom. The lowest BCUT2D eigenvalue weighted by atomic mass is 10.2. The number of halogens is 3. The van der Waals surface area contributed by atoms with Crippen LogP contribution in [-0.2, 0) is 0 Å². The molecule has 20 heavy (non-hydrogen) atoms. The fourth-order valence-corrected chi connectivity index (χ4v) is 2.43. The summed E-state index contributed by atoms with van der Waals surface area (Å²) >= 11 is 11.8. The minimum atomic E-state index is -0.461. The van der Waals surface area contributed by atoms with Crippen LogP contribution in [0, 0.1) is 19.7 Å². The third kappa shape index (κ3) is 1.94. The van der Waals surface area contributed by atoms with E-state index in [4.69, 9.17) is 23.2 Å². The molecule has 4 nitrogen and oxygen atoms in total. The van der Waals surface area contributed by atoms with Gasteiger partial charge in [-0.15, -0.1) is 10.2 Å². The van der Waals surface area contributed by atoms with E-state index in [0.717, 1.165) is 11.4 Å². The molecule has 0 fully saturated rings. The summed E-state index contributed by atoms with van der Waals surface area (Å²) in [6.07, 6.45) is 0. The summed E-state index contributed by atoms with van der Waals surface area (Å²) in [5, 5.41) is 8.57. The summed E-state index contributed by atoms with van der Waals surface area (Å²) in [4.78, 5) is 4.17. The van der Waals surface area contributed by atoms with Crippen LogP contribution in [0.15, 0.2) is 18.2 Å². The van der Waals surface area contributed by atoms with Gasteiger partial charge in [-0.1, -0.05) is 23.2 Å². The molecule has 0 aliphatic carbocycles. The molecule has 0 spiro atoms. The van der Waals surface area contributed by atoms with Crippen molar-refractivity contribution >= 4 is 28.8 Å². The highest BCUT2D eigenvalue weighted by atomic mass is 35.5. The lowest BCUT2D eigenvalue weighted by Gasteiger charge is -2.08. The minimum Gasteiger partial charge on any atom is -0.275 e. The number of nitrogens with zero attached hydrogens (tertiary/aromatic N) is 4. The number of rotatable bonds is 1. The van der Waals surface area contributed by atoms with Crippen LogP contribution in [0.4, 0.5) is 4.39 Å². The van der Waals surface area contributed by atoms with E-state index in [0.29, 0.717) is 22.1 Å². The van der Waals surface area contributed by atoms with Gasteiger partial charge in [0.2, 0.25) is 0 Å². The molecule has 0 N–H and O–H groups in total. The quantitative estimate of drug-likeness (QED) is 0.685. The van der Waals surface area contributed by atoms with E-state index in [1.165, 1.54) is 6.07 Å². The highest BCUT2D eigenvalue weighted by molar-refractivity contribution is 6.32. The van der Waals surface area contributed by atoms with Gasteiger partial charge in [-0.3, -0.25) is 4.40 Å². The van der Waals surface area contributed by atoms with Crippen molar-refractivity contribution in [2.75, 3.05) is 0 Å².